The van der Waals surface area contributed by atoms with E-state index in [1.54, 1.807) is 30.3 Å². The quantitative estimate of drug-likeness (QED) is 0.469. The molecule has 8 nitrogen and oxygen atoms in total. The monoisotopic (exact) mass is 595 g/mol. The van der Waals surface area contributed by atoms with Crippen molar-refractivity contribution >= 4 is 62.7 Å². The number of benzene rings is 2. The van der Waals surface area contributed by atoms with Gasteiger partial charge in [0, 0.05) is 40.9 Å². The Kier molecular flexibility index (Phi) is 8.77. The Hall–Kier alpha value is -2.33. The number of anilines is 1. The Balaban J connectivity index is 1.60. The standard InChI is InChI=1S/C25H28BrCl2N5O3/c26-16-3-1-4-19(14-16)31-25(36)33-12-2-11-32(24(35)15-5-10-20(27)21(28)13-15)23(33)22(34)30-18-8-6-17(29)7-9-18/h1,3-5,10,13-14,17-18,23H,2,6-9,11-12,29H2,(H,30,34)(H,31,36). The molecule has 2 aromatic rings. The first kappa shape index (κ1) is 26.7. The number of carbonyl (C=O) groups is 3. The van der Waals surface area contributed by atoms with Gasteiger partial charge in [0.2, 0.25) is 0 Å². The average Bonchev–Trinajstić information content (AvgIpc) is 2.86. The maximum Gasteiger partial charge on any atom is 0.323 e. The predicted octanol–water partition coefficient (Wildman–Crippen LogP) is 4.85. The topological polar surface area (TPSA) is 108 Å². The molecule has 11 heteroatoms. The number of carbonyl (C=O) groups excluding carboxylic acids is 3. The van der Waals surface area contributed by atoms with E-state index in [1.165, 1.54) is 15.9 Å². The van der Waals surface area contributed by atoms with E-state index in [4.69, 9.17) is 28.9 Å². The second-order valence-electron chi connectivity index (χ2n) is 9.11. The molecule has 1 saturated heterocycles. The molecule has 1 atom stereocenters. The molecule has 36 heavy (non-hydrogen) atoms. The van der Waals surface area contributed by atoms with Crippen molar-refractivity contribution in [2.24, 2.45) is 5.73 Å². The zero-order valence-corrected chi connectivity index (χ0v) is 22.7. The summed E-state index contributed by atoms with van der Waals surface area (Å²) in [4.78, 5) is 43.4. The van der Waals surface area contributed by atoms with Gasteiger partial charge in [-0.05, 0) is 68.5 Å². The van der Waals surface area contributed by atoms with Gasteiger partial charge >= 0.3 is 6.03 Å². The van der Waals surface area contributed by atoms with E-state index in [0.29, 0.717) is 35.8 Å². The fourth-order valence-corrected chi connectivity index (χ4v) is 5.33. The van der Waals surface area contributed by atoms with Gasteiger partial charge in [0.1, 0.15) is 0 Å². The fraction of sp³-hybridized carbons (Fsp3) is 0.400. The van der Waals surface area contributed by atoms with E-state index in [1.807, 2.05) is 6.07 Å². The van der Waals surface area contributed by atoms with E-state index in [-0.39, 0.29) is 17.1 Å². The lowest BCUT2D eigenvalue weighted by Crippen LogP contribution is -2.65. The van der Waals surface area contributed by atoms with Crippen molar-refractivity contribution in [1.29, 1.82) is 0 Å². The van der Waals surface area contributed by atoms with Gasteiger partial charge in [-0.15, -0.1) is 0 Å². The second kappa shape index (κ2) is 11.8. The third-order valence-electron chi connectivity index (χ3n) is 6.51. The molecule has 1 aliphatic heterocycles. The van der Waals surface area contributed by atoms with Gasteiger partial charge in [-0.2, -0.15) is 0 Å². The molecule has 0 radical (unpaired) electrons. The van der Waals surface area contributed by atoms with Crippen LogP contribution in [0.4, 0.5) is 10.5 Å². The third-order valence-corrected chi connectivity index (χ3v) is 7.74. The molecule has 1 saturated carbocycles. The highest BCUT2D eigenvalue weighted by Gasteiger charge is 2.41. The summed E-state index contributed by atoms with van der Waals surface area (Å²) in [5.41, 5.74) is 6.88. The van der Waals surface area contributed by atoms with Crippen LogP contribution in [0.2, 0.25) is 10.0 Å². The molecule has 2 fully saturated rings. The Labute approximate surface area is 228 Å². The normalized spacial score (nSPS) is 22.2. The number of nitrogens with one attached hydrogen (secondary N) is 2. The number of urea groups is 1. The number of nitrogens with two attached hydrogens (primary N) is 1. The summed E-state index contributed by atoms with van der Waals surface area (Å²) in [6.45, 7) is 0.631. The Morgan fingerprint density at radius 3 is 2.36 bits per heavy atom. The highest BCUT2D eigenvalue weighted by molar-refractivity contribution is 9.10. The van der Waals surface area contributed by atoms with Gasteiger partial charge in [-0.1, -0.05) is 45.2 Å². The summed E-state index contributed by atoms with van der Waals surface area (Å²) in [5.74, 6) is -0.799. The van der Waals surface area contributed by atoms with Gasteiger partial charge in [0.05, 0.1) is 10.0 Å². The van der Waals surface area contributed by atoms with E-state index >= 15 is 0 Å². The van der Waals surface area contributed by atoms with Crippen LogP contribution in [-0.2, 0) is 4.79 Å². The lowest BCUT2D eigenvalue weighted by Gasteiger charge is -2.43. The molecule has 1 unspecified atom stereocenters. The van der Waals surface area contributed by atoms with Crippen molar-refractivity contribution < 1.29 is 14.4 Å². The summed E-state index contributed by atoms with van der Waals surface area (Å²) < 4.78 is 0.806. The van der Waals surface area contributed by atoms with Crippen LogP contribution in [0.1, 0.15) is 42.5 Å². The highest BCUT2D eigenvalue weighted by Crippen LogP contribution is 2.26. The minimum absolute atomic E-state index is 0.0591. The predicted molar refractivity (Wildman–Crippen MR) is 144 cm³/mol. The maximum atomic E-state index is 13.6. The number of nitrogens with zero attached hydrogens (tertiary/aromatic N) is 2. The minimum atomic E-state index is -1.12. The SMILES string of the molecule is NC1CCC(NC(=O)C2N(C(=O)Nc3cccc(Br)c3)CCCN2C(=O)c2ccc(Cl)c(Cl)c2)CC1. The second-order valence-corrected chi connectivity index (χ2v) is 10.8. The van der Waals surface area contributed by atoms with Crippen LogP contribution in [0.15, 0.2) is 46.9 Å². The van der Waals surface area contributed by atoms with Gasteiger partial charge in [0.25, 0.3) is 11.8 Å². The molecule has 2 aliphatic rings. The minimum Gasteiger partial charge on any atom is -0.350 e. The van der Waals surface area contributed by atoms with E-state index in [9.17, 15) is 14.4 Å². The molecule has 4 rings (SSSR count). The van der Waals surface area contributed by atoms with Crippen LogP contribution in [0, 0.1) is 0 Å². The smallest absolute Gasteiger partial charge is 0.323 e. The average molecular weight is 597 g/mol. The van der Waals surface area contributed by atoms with Crippen molar-refractivity contribution in [2.45, 2.75) is 50.4 Å². The molecule has 1 heterocycles. The largest absolute Gasteiger partial charge is 0.350 e. The van der Waals surface area contributed by atoms with Crippen molar-refractivity contribution in [3.8, 4) is 0 Å². The maximum absolute atomic E-state index is 13.6. The van der Waals surface area contributed by atoms with Crippen LogP contribution in [0.3, 0.4) is 0 Å². The molecule has 4 amide bonds. The van der Waals surface area contributed by atoms with Crippen molar-refractivity contribution in [3.63, 3.8) is 0 Å². The summed E-state index contributed by atoms with van der Waals surface area (Å²) in [5, 5.41) is 6.47. The van der Waals surface area contributed by atoms with Crippen molar-refractivity contribution in [1.82, 2.24) is 15.1 Å². The number of hydrogen-bond acceptors (Lipinski definition) is 4. The third kappa shape index (κ3) is 6.32. The van der Waals surface area contributed by atoms with Crippen LogP contribution < -0.4 is 16.4 Å². The van der Waals surface area contributed by atoms with Crippen molar-refractivity contribution in [2.75, 3.05) is 18.4 Å². The zero-order chi connectivity index (χ0) is 25.8. The highest BCUT2D eigenvalue weighted by atomic mass is 79.9. The van der Waals surface area contributed by atoms with Crippen LogP contribution in [0.25, 0.3) is 0 Å². The van der Waals surface area contributed by atoms with E-state index in [0.717, 1.165) is 30.2 Å². The summed E-state index contributed by atoms with van der Waals surface area (Å²) in [7, 11) is 0. The lowest BCUT2D eigenvalue weighted by molar-refractivity contribution is -0.133. The summed E-state index contributed by atoms with van der Waals surface area (Å²) in [6.07, 6.45) is 2.53. The van der Waals surface area contributed by atoms with Gasteiger partial charge < -0.3 is 21.3 Å². The number of halogens is 3. The van der Waals surface area contributed by atoms with Gasteiger partial charge in [-0.25, -0.2) is 4.79 Å². The lowest BCUT2D eigenvalue weighted by atomic mass is 9.91. The summed E-state index contributed by atoms with van der Waals surface area (Å²) >= 11 is 15.6. The molecule has 0 spiro atoms. The van der Waals surface area contributed by atoms with Crippen LogP contribution in [-0.4, -0.2) is 59.0 Å². The zero-order valence-electron chi connectivity index (χ0n) is 19.6. The summed E-state index contributed by atoms with van der Waals surface area (Å²) in [6, 6.07) is 11.4. The first-order valence-corrected chi connectivity index (χ1v) is 13.4. The molecule has 1 aliphatic carbocycles. The molecular weight excluding hydrogens is 569 g/mol. The van der Waals surface area contributed by atoms with Gasteiger partial charge in [-0.3, -0.25) is 14.5 Å². The number of hydrogen-bond donors (Lipinski definition) is 3. The number of rotatable bonds is 4. The van der Waals surface area contributed by atoms with Crippen LogP contribution >= 0.6 is 39.1 Å². The molecular formula is C25H28BrCl2N5O3. The molecule has 4 N–H and O–H groups in total. The Morgan fingerprint density at radius 2 is 1.67 bits per heavy atom. The Bertz CT molecular complexity index is 1140. The van der Waals surface area contributed by atoms with E-state index < -0.39 is 24.0 Å². The Morgan fingerprint density at radius 1 is 0.944 bits per heavy atom. The van der Waals surface area contributed by atoms with Crippen molar-refractivity contribution in [3.05, 3.63) is 62.5 Å². The molecule has 0 bridgehead atoms. The number of amides is 4. The van der Waals surface area contributed by atoms with E-state index in [2.05, 4.69) is 26.6 Å². The first-order valence-electron chi connectivity index (χ1n) is 11.9. The first-order chi connectivity index (χ1) is 17.2. The van der Waals surface area contributed by atoms with Gasteiger partial charge in [0.15, 0.2) is 6.17 Å². The van der Waals surface area contributed by atoms with Crippen LogP contribution in [0.5, 0.6) is 0 Å². The molecule has 192 valence electrons. The molecule has 0 aromatic heterocycles. The molecule has 2 aromatic carbocycles. The fourth-order valence-electron chi connectivity index (χ4n) is 4.63.